The molecule has 0 radical (unpaired) electrons. The lowest BCUT2D eigenvalue weighted by atomic mass is 10.1. The normalized spacial score (nSPS) is 11.5. The molecule has 0 fully saturated rings. The molecule has 1 aromatic carbocycles. The number of hydrogen-bond acceptors (Lipinski definition) is 7. The quantitative estimate of drug-likeness (QED) is 0.733. The predicted molar refractivity (Wildman–Crippen MR) is 87.5 cm³/mol. The highest BCUT2D eigenvalue weighted by atomic mass is 16.6. The summed E-state index contributed by atoms with van der Waals surface area (Å²) in [4.78, 5) is 12.0. The van der Waals surface area contributed by atoms with Crippen LogP contribution in [-0.4, -0.2) is 36.8 Å². The van der Waals surface area contributed by atoms with Crippen LogP contribution in [0.5, 0.6) is 0 Å². The lowest BCUT2D eigenvalue weighted by Gasteiger charge is -2.19. The molecule has 0 amide bonds. The fraction of sp³-hybridized carbons (Fsp3) is 0.312. The number of anilines is 1. The van der Waals surface area contributed by atoms with E-state index in [2.05, 4.69) is 25.9 Å². The van der Waals surface area contributed by atoms with Crippen LogP contribution in [0.2, 0.25) is 0 Å². The van der Waals surface area contributed by atoms with E-state index in [0.717, 1.165) is 5.56 Å². The van der Waals surface area contributed by atoms with Gasteiger partial charge >= 0.3 is 5.97 Å². The molecule has 2 heterocycles. The number of fused-ring (bicyclic) bond motifs is 1. The van der Waals surface area contributed by atoms with Crippen molar-refractivity contribution in [2.75, 3.05) is 5.32 Å². The standard InChI is InChI=1S/C16H18N6O2/c1-16(2,3)24-15(23)12-6-4-11(5-7-12)10-17-13-8-9-14-18-20-21-22(14)19-13/h4-9H,10H2,1-3H3,(H,17,19). The highest BCUT2D eigenvalue weighted by Gasteiger charge is 2.17. The van der Waals surface area contributed by atoms with Gasteiger partial charge in [0.1, 0.15) is 11.4 Å². The summed E-state index contributed by atoms with van der Waals surface area (Å²) >= 11 is 0. The highest BCUT2D eigenvalue weighted by molar-refractivity contribution is 5.89. The van der Waals surface area contributed by atoms with Crippen molar-refractivity contribution in [1.29, 1.82) is 0 Å². The van der Waals surface area contributed by atoms with Gasteiger partial charge in [-0.05, 0) is 61.0 Å². The maximum Gasteiger partial charge on any atom is 0.338 e. The molecule has 0 aliphatic rings. The molecule has 8 heteroatoms. The fourth-order valence-electron chi connectivity index (χ4n) is 2.03. The number of carbonyl (C=O) groups excluding carboxylic acids is 1. The van der Waals surface area contributed by atoms with E-state index >= 15 is 0 Å². The molecule has 8 nitrogen and oxygen atoms in total. The van der Waals surface area contributed by atoms with Gasteiger partial charge in [0.05, 0.1) is 5.56 Å². The second-order valence-corrected chi connectivity index (χ2v) is 6.30. The minimum absolute atomic E-state index is 0.326. The van der Waals surface area contributed by atoms with Gasteiger partial charge in [-0.1, -0.05) is 12.1 Å². The van der Waals surface area contributed by atoms with Crippen LogP contribution in [0.4, 0.5) is 5.82 Å². The molecule has 124 valence electrons. The third-order valence-corrected chi connectivity index (χ3v) is 3.13. The van der Waals surface area contributed by atoms with E-state index < -0.39 is 5.60 Å². The molecule has 3 rings (SSSR count). The maximum absolute atomic E-state index is 12.0. The van der Waals surface area contributed by atoms with Crippen molar-refractivity contribution in [3.05, 3.63) is 47.5 Å². The number of ether oxygens (including phenoxy) is 1. The number of carbonyl (C=O) groups is 1. The zero-order valence-electron chi connectivity index (χ0n) is 13.7. The van der Waals surface area contributed by atoms with Gasteiger partial charge < -0.3 is 10.1 Å². The molecule has 0 bridgehead atoms. The first kappa shape index (κ1) is 15.9. The first-order valence-electron chi connectivity index (χ1n) is 7.52. The van der Waals surface area contributed by atoms with Crippen molar-refractivity contribution in [2.24, 2.45) is 0 Å². The van der Waals surface area contributed by atoms with Crippen molar-refractivity contribution in [3.8, 4) is 0 Å². The third-order valence-electron chi connectivity index (χ3n) is 3.13. The molecular formula is C16H18N6O2. The summed E-state index contributed by atoms with van der Waals surface area (Å²) in [6.07, 6.45) is 0. The summed E-state index contributed by atoms with van der Waals surface area (Å²) in [5.74, 6) is 0.332. The molecule has 0 unspecified atom stereocenters. The van der Waals surface area contributed by atoms with Crippen LogP contribution in [0, 0.1) is 0 Å². The van der Waals surface area contributed by atoms with Crippen LogP contribution in [0.15, 0.2) is 36.4 Å². The van der Waals surface area contributed by atoms with Crippen LogP contribution in [0.3, 0.4) is 0 Å². The zero-order chi connectivity index (χ0) is 17.2. The van der Waals surface area contributed by atoms with E-state index in [1.807, 2.05) is 32.9 Å². The first-order valence-corrected chi connectivity index (χ1v) is 7.52. The fourth-order valence-corrected chi connectivity index (χ4v) is 2.03. The number of benzene rings is 1. The van der Waals surface area contributed by atoms with Crippen molar-refractivity contribution in [1.82, 2.24) is 25.3 Å². The largest absolute Gasteiger partial charge is 0.456 e. The van der Waals surface area contributed by atoms with Gasteiger partial charge in [-0.15, -0.1) is 14.8 Å². The monoisotopic (exact) mass is 326 g/mol. The average molecular weight is 326 g/mol. The number of hydrogen-bond donors (Lipinski definition) is 1. The minimum Gasteiger partial charge on any atom is -0.456 e. The Morgan fingerprint density at radius 3 is 2.62 bits per heavy atom. The Hall–Kier alpha value is -3.03. The van der Waals surface area contributed by atoms with Crippen molar-refractivity contribution in [3.63, 3.8) is 0 Å². The molecule has 0 saturated carbocycles. The summed E-state index contributed by atoms with van der Waals surface area (Å²) in [6, 6.07) is 10.8. The summed E-state index contributed by atoms with van der Waals surface area (Å²) in [5.41, 5.74) is 1.63. The molecule has 0 saturated heterocycles. The van der Waals surface area contributed by atoms with E-state index in [9.17, 15) is 4.79 Å². The van der Waals surface area contributed by atoms with E-state index in [1.54, 1.807) is 24.3 Å². The molecule has 3 aromatic rings. The summed E-state index contributed by atoms with van der Waals surface area (Å²) in [6.45, 7) is 6.10. The summed E-state index contributed by atoms with van der Waals surface area (Å²) in [7, 11) is 0. The van der Waals surface area contributed by atoms with E-state index in [0.29, 0.717) is 23.6 Å². The maximum atomic E-state index is 12.0. The van der Waals surface area contributed by atoms with Gasteiger partial charge in [0.25, 0.3) is 0 Å². The van der Waals surface area contributed by atoms with Crippen LogP contribution in [0.25, 0.3) is 5.65 Å². The summed E-state index contributed by atoms with van der Waals surface area (Å²) < 4.78 is 6.70. The van der Waals surface area contributed by atoms with E-state index in [4.69, 9.17) is 4.74 Å². The highest BCUT2D eigenvalue weighted by Crippen LogP contribution is 2.13. The Labute approximate surface area is 138 Å². The Morgan fingerprint density at radius 2 is 1.92 bits per heavy atom. The number of nitrogens with one attached hydrogen (secondary N) is 1. The molecular weight excluding hydrogens is 308 g/mol. The second kappa shape index (κ2) is 6.23. The predicted octanol–water partition coefficient (Wildman–Crippen LogP) is 2.09. The number of esters is 1. The molecule has 0 atom stereocenters. The number of nitrogens with zero attached hydrogens (tertiary/aromatic N) is 5. The van der Waals surface area contributed by atoms with Gasteiger partial charge in [-0.3, -0.25) is 0 Å². The van der Waals surface area contributed by atoms with Crippen molar-refractivity contribution in [2.45, 2.75) is 32.9 Å². The van der Waals surface area contributed by atoms with Crippen LogP contribution >= 0.6 is 0 Å². The van der Waals surface area contributed by atoms with Crippen LogP contribution in [-0.2, 0) is 11.3 Å². The molecule has 0 aliphatic heterocycles. The Morgan fingerprint density at radius 1 is 1.17 bits per heavy atom. The summed E-state index contributed by atoms with van der Waals surface area (Å²) in [5, 5.41) is 18.5. The molecule has 2 aromatic heterocycles. The minimum atomic E-state index is -0.502. The van der Waals surface area contributed by atoms with E-state index in [-0.39, 0.29) is 5.97 Å². The van der Waals surface area contributed by atoms with Gasteiger partial charge in [-0.2, -0.15) is 0 Å². The lowest BCUT2D eigenvalue weighted by Crippen LogP contribution is -2.23. The number of rotatable bonds is 4. The Bertz CT molecular complexity index is 851. The lowest BCUT2D eigenvalue weighted by molar-refractivity contribution is 0.00695. The first-order chi connectivity index (χ1) is 11.4. The Kier molecular flexibility index (Phi) is 4.11. The molecule has 0 aliphatic carbocycles. The van der Waals surface area contributed by atoms with Gasteiger partial charge in [-0.25, -0.2) is 4.79 Å². The Balaban J connectivity index is 1.62. The second-order valence-electron chi connectivity index (χ2n) is 6.30. The average Bonchev–Trinajstić information content (AvgIpc) is 2.99. The topological polar surface area (TPSA) is 94.3 Å². The van der Waals surface area contributed by atoms with Crippen LogP contribution < -0.4 is 5.32 Å². The van der Waals surface area contributed by atoms with Gasteiger partial charge in [0.2, 0.25) is 0 Å². The number of tetrazole rings is 1. The van der Waals surface area contributed by atoms with Gasteiger partial charge in [0.15, 0.2) is 5.65 Å². The molecule has 1 N–H and O–H groups in total. The third kappa shape index (κ3) is 3.83. The van der Waals surface area contributed by atoms with Crippen molar-refractivity contribution < 1.29 is 9.53 Å². The van der Waals surface area contributed by atoms with Crippen molar-refractivity contribution >= 4 is 17.4 Å². The smallest absolute Gasteiger partial charge is 0.338 e. The number of aromatic nitrogens is 5. The molecule has 24 heavy (non-hydrogen) atoms. The van der Waals surface area contributed by atoms with Gasteiger partial charge in [0, 0.05) is 6.54 Å². The van der Waals surface area contributed by atoms with E-state index in [1.165, 1.54) is 4.63 Å². The SMILES string of the molecule is CC(C)(C)OC(=O)c1ccc(CNc2ccc3nnnn3n2)cc1. The van der Waals surface area contributed by atoms with Crippen LogP contribution in [0.1, 0.15) is 36.7 Å². The zero-order valence-corrected chi connectivity index (χ0v) is 13.7. The molecule has 0 spiro atoms.